The molecule has 0 unspecified atom stereocenters. The van der Waals surface area contributed by atoms with Gasteiger partial charge in [-0.05, 0) is 47.8 Å². The van der Waals surface area contributed by atoms with E-state index in [2.05, 4.69) is 32.9 Å². The first-order valence-corrected chi connectivity index (χ1v) is 7.09. The summed E-state index contributed by atoms with van der Waals surface area (Å²) in [6.07, 6.45) is 6.41. The van der Waals surface area contributed by atoms with E-state index >= 15 is 0 Å². The van der Waals surface area contributed by atoms with Gasteiger partial charge in [-0.1, -0.05) is 39.3 Å². The van der Waals surface area contributed by atoms with E-state index in [0.717, 1.165) is 18.1 Å². The summed E-state index contributed by atoms with van der Waals surface area (Å²) < 4.78 is 0. The van der Waals surface area contributed by atoms with Gasteiger partial charge in [0.25, 0.3) is 0 Å². The van der Waals surface area contributed by atoms with Crippen LogP contribution in [0.2, 0.25) is 0 Å². The van der Waals surface area contributed by atoms with Gasteiger partial charge in [-0.25, -0.2) is 0 Å². The standard InChI is InChI=1S/C15H25NO/c1-10-11-8-15(11)13(2,3)6-5-7-14(15,4)9-12(10)16-17/h10-11,17H,5-9H2,1-4H3/b16-12+/t10-,11+,14+,15+/m1/s1. The molecule has 1 N–H and O–H groups in total. The van der Waals surface area contributed by atoms with Crippen LogP contribution in [0.15, 0.2) is 5.16 Å². The van der Waals surface area contributed by atoms with Gasteiger partial charge in [0.15, 0.2) is 0 Å². The highest BCUT2D eigenvalue weighted by atomic mass is 16.4. The van der Waals surface area contributed by atoms with Gasteiger partial charge in [-0.2, -0.15) is 0 Å². The zero-order valence-electron chi connectivity index (χ0n) is 11.6. The first-order valence-electron chi connectivity index (χ1n) is 7.09. The van der Waals surface area contributed by atoms with Gasteiger partial charge in [0, 0.05) is 5.92 Å². The first kappa shape index (κ1) is 11.6. The molecule has 3 rings (SSSR count). The first-order chi connectivity index (χ1) is 7.88. The summed E-state index contributed by atoms with van der Waals surface area (Å²) >= 11 is 0. The SMILES string of the molecule is C[C@H]1/C(=N/O)C[C@]2(C)CCCC(C)(C)[C@@]23C[C@@H]13. The normalized spacial score (nSPS) is 54.0. The fraction of sp³-hybridized carbons (Fsp3) is 0.933. The van der Waals surface area contributed by atoms with Gasteiger partial charge < -0.3 is 5.21 Å². The van der Waals surface area contributed by atoms with Gasteiger partial charge in [-0.3, -0.25) is 0 Å². The van der Waals surface area contributed by atoms with Crippen molar-refractivity contribution >= 4 is 5.71 Å². The maximum atomic E-state index is 9.22. The zero-order chi connectivity index (χ0) is 12.5. The highest BCUT2D eigenvalue weighted by molar-refractivity contribution is 5.89. The Morgan fingerprint density at radius 2 is 1.94 bits per heavy atom. The predicted molar refractivity (Wildman–Crippen MR) is 69.3 cm³/mol. The summed E-state index contributed by atoms with van der Waals surface area (Å²) in [7, 11) is 0. The molecular formula is C15H25NO. The number of hydrogen-bond donors (Lipinski definition) is 1. The Morgan fingerprint density at radius 3 is 2.59 bits per heavy atom. The molecule has 96 valence electrons. The number of oxime groups is 1. The molecule has 0 saturated heterocycles. The van der Waals surface area contributed by atoms with Crippen LogP contribution in [0, 0.1) is 28.1 Å². The minimum absolute atomic E-state index is 0.382. The van der Waals surface area contributed by atoms with Crippen molar-refractivity contribution in [2.45, 2.75) is 59.8 Å². The molecule has 0 aromatic heterocycles. The summed E-state index contributed by atoms with van der Waals surface area (Å²) in [5.74, 6) is 1.26. The molecule has 3 aliphatic rings. The highest BCUT2D eigenvalue weighted by Crippen LogP contribution is 2.80. The molecule has 2 heteroatoms. The Kier molecular flexibility index (Phi) is 2.09. The van der Waals surface area contributed by atoms with Crippen molar-refractivity contribution in [2.24, 2.45) is 33.2 Å². The molecule has 3 saturated carbocycles. The third kappa shape index (κ3) is 1.15. The van der Waals surface area contributed by atoms with Crippen LogP contribution < -0.4 is 0 Å². The van der Waals surface area contributed by atoms with Crippen LogP contribution in [0.25, 0.3) is 0 Å². The van der Waals surface area contributed by atoms with Crippen molar-refractivity contribution in [3.8, 4) is 0 Å². The molecule has 4 atom stereocenters. The number of nitrogens with zero attached hydrogens (tertiary/aromatic N) is 1. The monoisotopic (exact) mass is 235 g/mol. The summed E-state index contributed by atoms with van der Waals surface area (Å²) in [5.41, 5.74) is 2.45. The smallest absolute Gasteiger partial charge is 0.0607 e. The van der Waals surface area contributed by atoms with Gasteiger partial charge >= 0.3 is 0 Å². The fourth-order valence-electron chi connectivity index (χ4n) is 5.71. The molecule has 0 aromatic rings. The quantitative estimate of drug-likeness (QED) is 0.498. The van der Waals surface area contributed by atoms with E-state index in [4.69, 9.17) is 0 Å². The van der Waals surface area contributed by atoms with Crippen molar-refractivity contribution in [1.29, 1.82) is 0 Å². The largest absolute Gasteiger partial charge is 0.411 e. The van der Waals surface area contributed by atoms with Crippen LogP contribution in [-0.4, -0.2) is 10.9 Å². The Bertz CT molecular complexity index is 386. The van der Waals surface area contributed by atoms with E-state index in [1.807, 2.05) is 0 Å². The molecule has 0 radical (unpaired) electrons. The molecule has 0 heterocycles. The third-order valence-electron chi connectivity index (χ3n) is 6.66. The lowest BCUT2D eigenvalue weighted by Crippen LogP contribution is -2.50. The van der Waals surface area contributed by atoms with Gasteiger partial charge in [0.2, 0.25) is 0 Å². The van der Waals surface area contributed by atoms with Crippen LogP contribution >= 0.6 is 0 Å². The van der Waals surface area contributed by atoms with E-state index in [1.54, 1.807) is 0 Å². The Hall–Kier alpha value is -0.530. The molecule has 1 spiro atoms. The lowest BCUT2D eigenvalue weighted by molar-refractivity contribution is -0.0434. The topological polar surface area (TPSA) is 32.6 Å². The second-order valence-electron chi connectivity index (χ2n) is 7.64. The zero-order valence-corrected chi connectivity index (χ0v) is 11.6. The highest BCUT2D eigenvalue weighted by Gasteiger charge is 2.75. The van der Waals surface area contributed by atoms with Crippen molar-refractivity contribution in [3.05, 3.63) is 0 Å². The lowest BCUT2D eigenvalue weighted by Gasteiger charge is -2.56. The molecule has 2 nitrogen and oxygen atoms in total. The fourth-order valence-corrected chi connectivity index (χ4v) is 5.71. The Balaban J connectivity index is 2.05. The predicted octanol–water partition coefficient (Wildman–Crippen LogP) is 4.08. The molecule has 0 aromatic carbocycles. The summed E-state index contributed by atoms with van der Waals surface area (Å²) in [6, 6.07) is 0. The van der Waals surface area contributed by atoms with Crippen molar-refractivity contribution in [2.75, 3.05) is 0 Å². The Morgan fingerprint density at radius 1 is 1.24 bits per heavy atom. The maximum Gasteiger partial charge on any atom is 0.0607 e. The minimum atomic E-state index is 0.382. The molecular weight excluding hydrogens is 210 g/mol. The molecule has 0 amide bonds. The minimum Gasteiger partial charge on any atom is -0.411 e. The van der Waals surface area contributed by atoms with E-state index in [1.165, 1.54) is 25.7 Å². The molecule has 17 heavy (non-hydrogen) atoms. The van der Waals surface area contributed by atoms with Crippen molar-refractivity contribution in [3.63, 3.8) is 0 Å². The second-order valence-corrected chi connectivity index (χ2v) is 7.64. The van der Waals surface area contributed by atoms with E-state index in [0.29, 0.717) is 22.2 Å². The molecule has 3 fully saturated rings. The maximum absolute atomic E-state index is 9.22. The van der Waals surface area contributed by atoms with Gasteiger partial charge in [0.1, 0.15) is 0 Å². The van der Waals surface area contributed by atoms with Crippen molar-refractivity contribution < 1.29 is 5.21 Å². The lowest BCUT2D eigenvalue weighted by atomic mass is 9.48. The van der Waals surface area contributed by atoms with Crippen LogP contribution in [0.5, 0.6) is 0 Å². The molecule has 3 aliphatic carbocycles. The second kappa shape index (κ2) is 3.07. The van der Waals surface area contributed by atoms with Gasteiger partial charge in [0.05, 0.1) is 5.71 Å². The summed E-state index contributed by atoms with van der Waals surface area (Å²) in [6.45, 7) is 9.65. The molecule has 0 bridgehead atoms. The Labute approximate surface area is 104 Å². The van der Waals surface area contributed by atoms with Crippen LogP contribution in [-0.2, 0) is 0 Å². The molecule has 0 aliphatic heterocycles. The summed E-state index contributed by atoms with van der Waals surface area (Å²) in [4.78, 5) is 0. The summed E-state index contributed by atoms with van der Waals surface area (Å²) in [5, 5.41) is 12.8. The van der Waals surface area contributed by atoms with Crippen LogP contribution in [0.4, 0.5) is 0 Å². The van der Waals surface area contributed by atoms with E-state index in [9.17, 15) is 5.21 Å². The number of rotatable bonds is 0. The van der Waals surface area contributed by atoms with Crippen LogP contribution in [0.1, 0.15) is 59.8 Å². The van der Waals surface area contributed by atoms with E-state index < -0.39 is 0 Å². The third-order valence-corrected chi connectivity index (χ3v) is 6.66. The number of hydrogen-bond acceptors (Lipinski definition) is 2. The van der Waals surface area contributed by atoms with E-state index in [-0.39, 0.29) is 0 Å². The van der Waals surface area contributed by atoms with Crippen molar-refractivity contribution in [1.82, 2.24) is 0 Å². The average molecular weight is 235 g/mol. The van der Waals surface area contributed by atoms with Gasteiger partial charge in [-0.15, -0.1) is 0 Å². The van der Waals surface area contributed by atoms with Crippen LogP contribution in [0.3, 0.4) is 0 Å². The average Bonchev–Trinajstić information content (AvgIpc) is 3.00.